The highest BCUT2D eigenvalue weighted by atomic mass is 16.5. The number of rotatable bonds is 4. The Labute approximate surface area is 82.3 Å². The molecule has 0 bridgehead atoms. The summed E-state index contributed by atoms with van der Waals surface area (Å²) in [5.74, 6) is -0.236. The van der Waals surface area contributed by atoms with Gasteiger partial charge in [-0.3, -0.25) is 0 Å². The smallest absolute Gasteiger partial charge is 0.376 e. The fraction of sp³-hybridized carbons (Fsp3) is 0.625. The predicted molar refractivity (Wildman–Crippen MR) is 49.9 cm³/mol. The molecule has 0 spiro atoms. The van der Waals surface area contributed by atoms with Crippen LogP contribution in [-0.4, -0.2) is 40.9 Å². The lowest BCUT2D eigenvalue weighted by molar-refractivity contribution is 0.0580. The molecule has 1 N–H and O–H groups in total. The molecule has 0 amide bonds. The van der Waals surface area contributed by atoms with Gasteiger partial charge in [-0.25, -0.2) is 4.79 Å². The largest absolute Gasteiger partial charge is 0.463 e. The van der Waals surface area contributed by atoms with Crippen LogP contribution >= 0.6 is 0 Å². The summed E-state index contributed by atoms with van der Waals surface area (Å²) in [5, 5.41) is 10.4. The Morgan fingerprint density at radius 2 is 2.50 bits per heavy atom. The molecule has 1 unspecified atom stereocenters. The Hall–Kier alpha value is -1.43. The summed E-state index contributed by atoms with van der Waals surface area (Å²) in [4.78, 5) is 11.2. The molecule has 6 nitrogen and oxygen atoms in total. The second kappa shape index (κ2) is 4.71. The Morgan fingerprint density at radius 3 is 3.07 bits per heavy atom. The topological polar surface area (TPSA) is 69.0 Å². The van der Waals surface area contributed by atoms with Gasteiger partial charge in [0.25, 0.3) is 0 Å². The lowest BCUT2D eigenvalue weighted by atomic mass is 10.3. The average Bonchev–Trinajstić information content (AvgIpc) is 2.64. The molecule has 14 heavy (non-hydrogen) atoms. The van der Waals surface area contributed by atoms with Crippen LogP contribution in [0.2, 0.25) is 0 Å². The number of methoxy groups -OCH3 is 1. The molecule has 0 saturated carbocycles. The van der Waals surface area contributed by atoms with Crippen LogP contribution in [0.5, 0.6) is 0 Å². The summed E-state index contributed by atoms with van der Waals surface area (Å²) in [7, 11) is 3.18. The van der Waals surface area contributed by atoms with Gasteiger partial charge in [-0.1, -0.05) is 0 Å². The van der Waals surface area contributed by atoms with Gasteiger partial charge in [-0.2, -0.15) is 0 Å². The first-order valence-electron chi connectivity index (χ1n) is 4.32. The molecule has 0 aromatic carbocycles. The molecule has 0 aliphatic heterocycles. The molecule has 1 aromatic rings. The second-order valence-corrected chi connectivity index (χ2v) is 2.99. The minimum absolute atomic E-state index is 0.231. The Bertz CT molecular complexity index is 310. The van der Waals surface area contributed by atoms with Crippen LogP contribution in [0.4, 0.5) is 0 Å². The van der Waals surface area contributed by atoms with E-state index in [1.54, 1.807) is 4.57 Å². The number of aromatic nitrogens is 3. The van der Waals surface area contributed by atoms with Crippen molar-refractivity contribution in [1.29, 1.82) is 0 Å². The van der Waals surface area contributed by atoms with E-state index in [1.807, 2.05) is 14.0 Å². The monoisotopic (exact) mass is 198 g/mol. The van der Waals surface area contributed by atoms with Crippen LogP contribution in [0, 0.1) is 0 Å². The van der Waals surface area contributed by atoms with E-state index in [4.69, 9.17) is 0 Å². The third kappa shape index (κ3) is 2.29. The fourth-order valence-electron chi connectivity index (χ4n) is 1.02. The number of hydrogen-bond acceptors (Lipinski definition) is 5. The van der Waals surface area contributed by atoms with E-state index in [-0.39, 0.29) is 11.9 Å². The molecule has 1 rings (SSSR count). The third-order valence-corrected chi connectivity index (χ3v) is 1.95. The number of carbonyl (C=O) groups is 1. The Kier molecular flexibility index (Phi) is 3.58. The number of nitrogens with one attached hydrogen (secondary N) is 1. The highest BCUT2D eigenvalue weighted by Gasteiger charge is 2.14. The summed E-state index contributed by atoms with van der Waals surface area (Å²) in [6.45, 7) is 2.63. The molecule has 1 aromatic heterocycles. The van der Waals surface area contributed by atoms with E-state index in [0.29, 0.717) is 6.54 Å². The molecule has 0 aliphatic rings. The van der Waals surface area contributed by atoms with Crippen molar-refractivity contribution in [2.75, 3.05) is 14.2 Å². The van der Waals surface area contributed by atoms with Crippen molar-refractivity contribution in [3.8, 4) is 0 Å². The molecule has 0 fully saturated rings. The summed E-state index contributed by atoms with van der Waals surface area (Å²) >= 11 is 0. The Morgan fingerprint density at radius 1 is 1.79 bits per heavy atom. The number of esters is 1. The van der Waals surface area contributed by atoms with Gasteiger partial charge in [0, 0.05) is 12.6 Å². The van der Waals surface area contributed by atoms with Crippen molar-refractivity contribution in [1.82, 2.24) is 20.1 Å². The van der Waals surface area contributed by atoms with Crippen LogP contribution < -0.4 is 5.32 Å². The van der Waals surface area contributed by atoms with Crippen LogP contribution in [0.25, 0.3) is 0 Å². The standard InChI is InChI=1S/C8H14N4O2/c1-6(9-2)4-12-5-10-11-7(12)8(13)14-3/h5-6,9H,4H2,1-3H3. The zero-order chi connectivity index (χ0) is 10.6. The first-order chi connectivity index (χ1) is 6.69. The number of nitrogens with zero attached hydrogens (tertiary/aromatic N) is 3. The van der Waals surface area contributed by atoms with Gasteiger partial charge in [0.2, 0.25) is 5.82 Å². The first-order valence-corrected chi connectivity index (χ1v) is 4.32. The van der Waals surface area contributed by atoms with E-state index in [0.717, 1.165) is 0 Å². The summed E-state index contributed by atoms with van der Waals surface area (Å²) in [6.07, 6.45) is 1.51. The van der Waals surface area contributed by atoms with Crippen molar-refractivity contribution in [2.45, 2.75) is 19.5 Å². The van der Waals surface area contributed by atoms with E-state index < -0.39 is 5.97 Å². The SMILES string of the molecule is CNC(C)Cn1cnnc1C(=O)OC. The molecule has 6 heteroatoms. The Balaban J connectivity index is 2.77. The number of hydrogen-bond donors (Lipinski definition) is 1. The van der Waals surface area contributed by atoms with E-state index in [9.17, 15) is 4.79 Å². The predicted octanol–water partition coefficient (Wildman–Crippen LogP) is -0.327. The fourth-order valence-corrected chi connectivity index (χ4v) is 1.02. The molecule has 1 atom stereocenters. The maximum atomic E-state index is 11.2. The van der Waals surface area contributed by atoms with Crippen LogP contribution in [0.3, 0.4) is 0 Å². The zero-order valence-electron chi connectivity index (χ0n) is 8.52. The van der Waals surface area contributed by atoms with Crippen LogP contribution in [0.15, 0.2) is 6.33 Å². The van der Waals surface area contributed by atoms with E-state index in [2.05, 4.69) is 20.3 Å². The molecule has 78 valence electrons. The van der Waals surface area contributed by atoms with Gasteiger partial charge in [-0.15, -0.1) is 10.2 Å². The first kappa shape index (κ1) is 10.6. The lowest BCUT2D eigenvalue weighted by Gasteiger charge is -2.11. The molecule has 1 heterocycles. The van der Waals surface area contributed by atoms with Gasteiger partial charge >= 0.3 is 5.97 Å². The van der Waals surface area contributed by atoms with Crippen molar-refractivity contribution >= 4 is 5.97 Å². The molecule has 0 aliphatic carbocycles. The van der Waals surface area contributed by atoms with Gasteiger partial charge < -0.3 is 14.6 Å². The zero-order valence-corrected chi connectivity index (χ0v) is 8.52. The van der Waals surface area contributed by atoms with Gasteiger partial charge in [0.05, 0.1) is 7.11 Å². The highest BCUT2D eigenvalue weighted by Crippen LogP contribution is 1.99. The van der Waals surface area contributed by atoms with Crippen molar-refractivity contribution in [3.05, 3.63) is 12.2 Å². The maximum absolute atomic E-state index is 11.2. The van der Waals surface area contributed by atoms with Gasteiger partial charge in [-0.05, 0) is 14.0 Å². The van der Waals surface area contributed by atoms with E-state index >= 15 is 0 Å². The molecular formula is C8H14N4O2. The van der Waals surface area contributed by atoms with Crippen molar-refractivity contribution < 1.29 is 9.53 Å². The van der Waals surface area contributed by atoms with Gasteiger partial charge in [0.15, 0.2) is 0 Å². The second-order valence-electron chi connectivity index (χ2n) is 2.99. The van der Waals surface area contributed by atoms with Gasteiger partial charge in [0.1, 0.15) is 6.33 Å². The van der Waals surface area contributed by atoms with Crippen LogP contribution in [-0.2, 0) is 11.3 Å². The average molecular weight is 198 g/mol. The van der Waals surface area contributed by atoms with Crippen molar-refractivity contribution in [3.63, 3.8) is 0 Å². The third-order valence-electron chi connectivity index (χ3n) is 1.95. The van der Waals surface area contributed by atoms with Crippen molar-refractivity contribution in [2.24, 2.45) is 0 Å². The minimum atomic E-state index is -0.467. The molecule has 0 radical (unpaired) electrons. The number of ether oxygens (including phenoxy) is 1. The lowest BCUT2D eigenvalue weighted by Crippen LogP contribution is -2.28. The van der Waals surface area contributed by atoms with Crippen LogP contribution in [0.1, 0.15) is 17.5 Å². The summed E-state index contributed by atoms with van der Waals surface area (Å²) in [5.41, 5.74) is 0. The quantitative estimate of drug-likeness (QED) is 0.671. The summed E-state index contributed by atoms with van der Waals surface area (Å²) in [6, 6.07) is 0.245. The maximum Gasteiger partial charge on any atom is 0.376 e. The summed E-state index contributed by atoms with van der Waals surface area (Å²) < 4.78 is 6.23. The normalized spacial score (nSPS) is 12.5. The molecular weight excluding hydrogens is 184 g/mol. The minimum Gasteiger partial charge on any atom is -0.463 e. The number of carbonyl (C=O) groups excluding carboxylic acids is 1. The molecule has 0 saturated heterocycles. The van der Waals surface area contributed by atoms with E-state index in [1.165, 1.54) is 13.4 Å². The number of likely N-dealkylation sites (N-methyl/N-ethyl adjacent to an activating group) is 1. The highest BCUT2D eigenvalue weighted by molar-refractivity contribution is 5.85.